The molecule has 35 atom stereocenters. The summed E-state index contributed by atoms with van der Waals surface area (Å²) in [7, 11) is 0. The first kappa shape index (κ1) is 64.1. The van der Waals surface area contributed by atoms with E-state index in [4.69, 9.17) is 102 Å². The maximum absolute atomic E-state index is 11.5. The molecule has 30 N–H and O–H groups in total. The summed E-state index contributed by atoms with van der Waals surface area (Å²) in [6, 6.07) is -10.6. The summed E-state index contributed by atoms with van der Waals surface area (Å²) in [4.78, 5) is 0. The summed E-state index contributed by atoms with van der Waals surface area (Å²) >= 11 is 0. The van der Waals surface area contributed by atoms with Gasteiger partial charge in [0.2, 0.25) is 0 Å². The van der Waals surface area contributed by atoms with Gasteiger partial charge in [-0.25, -0.2) is 0 Å². The number of aliphatic hydroxyl groups is 16. The first-order valence-corrected chi connectivity index (χ1v) is 25.2. The van der Waals surface area contributed by atoms with Crippen molar-refractivity contribution in [3.8, 4) is 0 Å². The van der Waals surface area contributed by atoms with Gasteiger partial charge in [-0.3, -0.25) is 0 Å². The molecule has 0 spiro atoms. The zero-order chi connectivity index (χ0) is 57.3. The lowest BCUT2D eigenvalue weighted by Gasteiger charge is -2.50. The zero-order valence-corrected chi connectivity index (χ0v) is 41.7. The third kappa shape index (κ3) is 12.9. The average molecular weight is 1150 g/mol. The molecule has 7 fully saturated rings. The molecule has 78 heavy (non-hydrogen) atoms. The van der Waals surface area contributed by atoms with Crippen LogP contribution in [0.2, 0.25) is 0 Å². The van der Waals surface area contributed by atoms with Crippen LogP contribution in [0, 0.1) is 0 Å². The smallest absolute Gasteiger partial charge is 0.176 e. The second-order valence-corrected chi connectivity index (χ2v) is 20.2. The minimum Gasteiger partial charge on any atom is -0.394 e. The Kier molecular flexibility index (Phi) is 22.6. The van der Waals surface area contributed by atoms with E-state index < -0.39 is 261 Å². The van der Waals surface area contributed by atoms with E-state index in [0.717, 1.165) is 0 Å². The van der Waals surface area contributed by atoms with Gasteiger partial charge in [0.05, 0.1) is 88.5 Å². The molecule has 0 amide bonds. The Labute approximate surface area is 443 Å². The number of ether oxygens (including phenoxy) is 13. The molecular weight excluding hydrogens is 1070 g/mol. The molecule has 7 aliphatic rings. The van der Waals surface area contributed by atoms with Crippen molar-refractivity contribution >= 4 is 0 Å². The fourth-order valence-corrected chi connectivity index (χ4v) is 10.3. The molecule has 0 aromatic rings. The van der Waals surface area contributed by atoms with E-state index in [0.29, 0.717) is 0 Å². The van der Waals surface area contributed by atoms with Gasteiger partial charge in [-0.05, 0) is 0 Å². The molecule has 36 nitrogen and oxygen atoms in total. The largest absolute Gasteiger partial charge is 0.394 e. The van der Waals surface area contributed by atoms with Crippen molar-refractivity contribution in [3.63, 3.8) is 0 Å². The topological polar surface area (TPSA) is 626 Å². The maximum atomic E-state index is 11.5. The van der Waals surface area contributed by atoms with Gasteiger partial charge in [-0.15, -0.1) is 0 Å². The van der Waals surface area contributed by atoms with Crippen molar-refractivity contribution in [1.29, 1.82) is 0 Å². The number of aliphatic hydroxyl groups excluding tert-OH is 16. The monoisotopic (exact) mass is 1150 g/mol. The molecule has 14 unspecified atom stereocenters. The van der Waals surface area contributed by atoms with E-state index in [2.05, 4.69) is 0 Å². The van der Waals surface area contributed by atoms with Gasteiger partial charge in [0, 0.05) is 0 Å². The first-order chi connectivity index (χ1) is 37.0. The Hall–Kier alpha value is -1.44. The fraction of sp³-hybridized carbons (Fsp3) is 1.00. The van der Waals surface area contributed by atoms with Crippen molar-refractivity contribution < 1.29 is 143 Å². The molecule has 0 aromatic heterocycles. The van der Waals surface area contributed by atoms with Crippen LogP contribution in [-0.4, -0.2) is 342 Å². The molecule has 0 aliphatic carbocycles. The highest BCUT2D eigenvalue weighted by Crippen LogP contribution is 2.36. The Morgan fingerprint density at radius 3 is 0.628 bits per heavy atom. The lowest BCUT2D eigenvalue weighted by molar-refractivity contribution is -0.369. The minimum atomic E-state index is -1.83. The van der Waals surface area contributed by atoms with Crippen LogP contribution < -0.4 is 40.1 Å². The van der Waals surface area contributed by atoms with Crippen molar-refractivity contribution in [2.75, 3.05) is 46.2 Å². The standard InChI is InChI=1S/C42H79N7O29/c43-15-24(59)30(9(2-51)66-36(15)65)73-38-17(45)26(61)32(11(4-53)68-38)75-40-19(47)28(63)34(13(6-55)70-40)77-42-21(49)29(64)35(14(7-56)72-42)78-41-20(48)27(62)33(12(5-54)71-41)76-39-18(46)25(60)31(10(3-52)69-39)74-37-16(44)23(58)22(57)8(1-50)67-37/h8-42,50-65H,1-7,43-49H2/t8-,9+,10-,11+,12-,13+,14-,15+,16-,17+,18-,19+,20-,21-,22?,23+,24-,25+,26-,27+,28-,29+,30?,31?,32?,33?,34?,35?,36?,37?,38?,39?,40?,41?,42?/m1/s1. The minimum absolute atomic E-state index is 0.740. The van der Waals surface area contributed by atoms with E-state index in [1.54, 1.807) is 0 Å². The molecule has 36 heteroatoms. The van der Waals surface area contributed by atoms with E-state index in [-0.39, 0.29) is 0 Å². The van der Waals surface area contributed by atoms with Gasteiger partial charge in [0.25, 0.3) is 0 Å². The van der Waals surface area contributed by atoms with Crippen molar-refractivity contribution in [1.82, 2.24) is 0 Å². The third-order valence-corrected chi connectivity index (χ3v) is 15.1. The molecule has 7 saturated heterocycles. The highest BCUT2D eigenvalue weighted by molar-refractivity contribution is 5.03. The average Bonchev–Trinajstić information content (AvgIpc) is 3.45. The molecule has 7 rings (SSSR count). The van der Waals surface area contributed by atoms with Gasteiger partial charge < -0.3 is 183 Å². The lowest BCUT2D eigenvalue weighted by atomic mass is 9.93. The predicted octanol–water partition coefficient (Wildman–Crippen LogP) is -16.5. The van der Waals surface area contributed by atoms with E-state index in [1.807, 2.05) is 0 Å². The Morgan fingerprint density at radius 2 is 0.410 bits per heavy atom. The van der Waals surface area contributed by atoms with Crippen LogP contribution in [0.5, 0.6) is 0 Å². The van der Waals surface area contributed by atoms with Gasteiger partial charge >= 0.3 is 0 Å². The molecule has 7 heterocycles. The third-order valence-electron chi connectivity index (χ3n) is 15.1. The van der Waals surface area contributed by atoms with Crippen LogP contribution in [0.4, 0.5) is 0 Å². The summed E-state index contributed by atoms with van der Waals surface area (Å²) < 4.78 is 75.1. The Bertz CT molecular complexity index is 1830. The van der Waals surface area contributed by atoms with E-state index in [9.17, 15) is 81.7 Å². The summed E-state index contributed by atoms with van der Waals surface area (Å²) in [6.07, 6.45) is -44.9. The molecule has 0 radical (unpaired) electrons. The zero-order valence-electron chi connectivity index (χ0n) is 41.7. The number of hydrogen-bond donors (Lipinski definition) is 23. The lowest BCUT2D eigenvalue weighted by Crippen LogP contribution is -2.71. The van der Waals surface area contributed by atoms with Crippen LogP contribution in [0.25, 0.3) is 0 Å². The number of rotatable bonds is 19. The number of nitrogens with two attached hydrogens (primary N) is 7. The van der Waals surface area contributed by atoms with Gasteiger partial charge in [-0.2, -0.15) is 0 Å². The van der Waals surface area contributed by atoms with Crippen LogP contribution in [0.3, 0.4) is 0 Å². The van der Waals surface area contributed by atoms with Gasteiger partial charge in [-0.1, -0.05) is 0 Å². The fourth-order valence-electron chi connectivity index (χ4n) is 10.3. The predicted molar refractivity (Wildman–Crippen MR) is 246 cm³/mol. The molecule has 0 bridgehead atoms. The molecular formula is C42H79N7O29. The summed E-state index contributed by atoms with van der Waals surface area (Å²) in [5.74, 6) is 0. The highest BCUT2D eigenvalue weighted by Gasteiger charge is 2.57. The molecule has 7 aliphatic heterocycles. The van der Waals surface area contributed by atoms with Crippen LogP contribution in [-0.2, 0) is 61.6 Å². The summed E-state index contributed by atoms with van der Waals surface area (Å²) in [5.41, 5.74) is 43.4. The second-order valence-electron chi connectivity index (χ2n) is 20.2. The Balaban J connectivity index is 0.947. The van der Waals surface area contributed by atoms with Crippen LogP contribution in [0.1, 0.15) is 0 Å². The Morgan fingerprint density at radius 1 is 0.231 bits per heavy atom. The van der Waals surface area contributed by atoms with E-state index in [1.165, 1.54) is 0 Å². The van der Waals surface area contributed by atoms with Gasteiger partial charge in [0.1, 0.15) is 128 Å². The van der Waals surface area contributed by atoms with E-state index >= 15 is 0 Å². The summed E-state index contributed by atoms with van der Waals surface area (Å²) in [6.45, 7) is -5.87. The molecule has 0 saturated carbocycles. The van der Waals surface area contributed by atoms with Gasteiger partial charge in [0.15, 0.2) is 44.0 Å². The van der Waals surface area contributed by atoms with Crippen LogP contribution in [0.15, 0.2) is 0 Å². The van der Waals surface area contributed by atoms with Crippen LogP contribution >= 0.6 is 0 Å². The number of hydrogen-bond acceptors (Lipinski definition) is 36. The molecule has 0 aromatic carbocycles. The highest BCUT2D eigenvalue weighted by atomic mass is 16.8. The van der Waals surface area contributed by atoms with Crippen molar-refractivity contribution in [2.45, 2.75) is 215 Å². The normalized spacial score (nSPS) is 53.5. The van der Waals surface area contributed by atoms with Crippen molar-refractivity contribution in [3.05, 3.63) is 0 Å². The quantitative estimate of drug-likeness (QED) is 0.0571. The second kappa shape index (κ2) is 27.5. The van der Waals surface area contributed by atoms with Crippen molar-refractivity contribution in [2.24, 2.45) is 40.1 Å². The molecule has 456 valence electrons. The summed E-state index contributed by atoms with van der Waals surface area (Å²) in [5, 5.41) is 169. The SMILES string of the molecule is N[C@@H]1C(O)O[C@@H](CO)C(OC2O[C@@H](CO)C(OC3O[C@@H](CO)C(OC4O[C@H](CO)C(OC5O[C@H](CO)C(OC6O[C@H](CO)C(OC7O[C@H](CO)C(O)[C@@H](O)[C@H]7N)[C@@H](O)[C@H]6N)[C@@H](O)[C@H]5N)[C@@H](O)[C@H]4N)[C@H](O)[C@@H]3N)[C@H](O)[C@@H]2N)[C@@H]1O. The first-order valence-electron chi connectivity index (χ1n) is 25.2. The maximum Gasteiger partial charge on any atom is 0.176 e.